The molecule has 3 aromatic rings. The summed E-state index contributed by atoms with van der Waals surface area (Å²) in [6.07, 6.45) is 6.95. The monoisotopic (exact) mass is 392 g/mol. The van der Waals surface area contributed by atoms with Gasteiger partial charge in [-0.25, -0.2) is 4.98 Å². The van der Waals surface area contributed by atoms with Crippen molar-refractivity contribution in [3.05, 3.63) is 54.2 Å². The van der Waals surface area contributed by atoms with Crippen molar-refractivity contribution in [1.29, 1.82) is 0 Å². The number of aromatic nitrogens is 2. The van der Waals surface area contributed by atoms with Crippen LogP contribution in [0.15, 0.2) is 48.7 Å². The first kappa shape index (κ1) is 19.3. The van der Waals surface area contributed by atoms with Crippen LogP contribution in [0.4, 0.5) is 5.82 Å². The van der Waals surface area contributed by atoms with Gasteiger partial charge < -0.3 is 19.5 Å². The number of carbonyl (C=O) groups is 1. The fourth-order valence-corrected chi connectivity index (χ4v) is 3.91. The van der Waals surface area contributed by atoms with Crippen molar-refractivity contribution < 1.29 is 9.53 Å². The molecule has 1 N–H and O–H groups in total. The highest BCUT2D eigenvalue weighted by molar-refractivity contribution is 5.82. The van der Waals surface area contributed by atoms with E-state index in [2.05, 4.69) is 22.3 Å². The molecule has 152 valence electrons. The van der Waals surface area contributed by atoms with Crippen molar-refractivity contribution in [3.63, 3.8) is 0 Å². The summed E-state index contributed by atoms with van der Waals surface area (Å²) in [6, 6.07) is 13.9. The molecule has 0 spiro atoms. The van der Waals surface area contributed by atoms with Gasteiger partial charge in [-0.15, -0.1) is 0 Å². The lowest BCUT2D eigenvalue weighted by molar-refractivity contribution is -0.121. The van der Waals surface area contributed by atoms with Crippen molar-refractivity contribution in [2.24, 2.45) is 0 Å². The Hall–Kier alpha value is -3.02. The van der Waals surface area contributed by atoms with Gasteiger partial charge in [-0.3, -0.25) is 4.79 Å². The van der Waals surface area contributed by atoms with Crippen LogP contribution in [0.25, 0.3) is 11.0 Å². The molecule has 0 atom stereocenters. The Morgan fingerprint density at radius 2 is 1.86 bits per heavy atom. The zero-order chi connectivity index (χ0) is 20.1. The van der Waals surface area contributed by atoms with Crippen molar-refractivity contribution in [1.82, 2.24) is 14.9 Å². The lowest BCUT2D eigenvalue weighted by Gasteiger charge is -2.21. The third-order valence-electron chi connectivity index (χ3n) is 5.51. The first-order valence-electron chi connectivity index (χ1n) is 10.3. The summed E-state index contributed by atoms with van der Waals surface area (Å²) in [5.74, 6) is 1.74. The molecule has 3 heterocycles. The fourth-order valence-electron chi connectivity index (χ4n) is 3.91. The standard InChI is InChI=1S/C23H28N4O2/c1-29-20-9-5-4-8-19(20)16-24-22(28)17-27-15-12-18-10-11-21(25-23(18)27)26-13-6-2-3-7-14-26/h4-5,8-12,15H,2-3,6-7,13-14,16-17H2,1H3,(H,24,28). The zero-order valence-corrected chi connectivity index (χ0v) is 16.9. The van der Waals surface area contributed by atoms with Crippen LogP contribution >= 0.6 is 0 Å². The average molecular weight is 393 g/mol. The number of hydrogen-bond donors (Lipinski definition) is 1. The highest BCUT2D eigenvalue weighted by Gasteiger charge is 2.14. The number of ether oxygens (including phenoxy) is 1. The van der Waals surface area contributed by atoms with Gasteiger partial charge in [0.1, 0.15) is 23.8 Å². The van der Waals surface area contributed by atoms with Gasteiger partial charge in [0.05, 0.1) is 7.11 Å². The molecule has 1 aromatic carbocycles. The Bertz CT molecular complexity index is 974. The average Bonchev–Trinajstić information content (AvgIpc) is 2.96. The second-order valence-corrected chi connectivity index (χ2v) is 7.52. The number of fused-ring (bicyclic) bond motifs is 1. The highest BCUT2D eigenvalue weighted by Crippen LogP contribution is 2.22. The lowest BCUT2D eigenvalue weighted by atomic mass is 10.2. The number of methoxy groups -OCH3 is 1. The summed E-state index contributed by atoms with van der Waals surface area (Å²) in [4.78, 5) is 19.8. The maximum atomic E-state index is 12.5. The molecule has 0 bridgehead atoms. The number of rotatable bonds is 6. The number of nitrogens with zero attached hydrogens (tertiary/aromatic N) is 3. The van der Waals surface area contributed by atoms with E-state index in [0.717, 1.165) is 41.3 Å². The summed E-state index contributed by atoms with van der Waals surface area (Å²) < 4.78 is 7.27. The largest absolute Gasteiger partial charge is 0.496 e. The van der Waals surface area contributed by atoms with Gasteiger partial charge >= 0.3 is 0 Å². The smallest absolute Gasteiger partial charge is 0.240 e. The molecule has 1 aliphatic heterocycles. The Morgan fingerprint density at radius 3 is 2.66 bits per heavy atom. The quantitative estimate of drug-likeness (QED) is 0.694. The SMILES string of the molecule is COc1ccccc1CNC(=O)Cn1ccc2ccc(N3CCCCCC3)nc21. The molecule has 0 unspecified atom stereocenters. The van der Waals surface area contributed by atoms with Gasteiger partial charge in [-0.05, 0) is 37.1 Å². The third-order valence-corrected chi connectivity index (χ3v) is 5.51. The Kier molecular flexibility index (Phi) is 5.98. The van der Waals surface area contributed by atoms with E-state index in [0.29, 0.717) is 6.54 Å². The topological polar surface area (TPSA) is 59.4 Å². The Morgan fingerprint density at radius 1 is 1.07 bits per heavy atom. The normalized spacial score (nSPS) is 14.6. The van der Waals surface area contributed by atoms with Crippen LogP contribution in [0, 0.1) is 0 Å². The van der Waals surface area contributed by atoms with Crippen LogP contribution in [-0.4, -0.2) is 35.7 Å². The van der Waals surface area contributed by atoms with Gasteiger partial charge in [-0.1, -0.05) is 31.0 Å². The number of para-hydroxylation sites is 1. The van der Waals surface area contributed by atoms with Gasteiger partial charge in [0.15, 0.2) is 0 Å². The first-order valence-corrected chi connectivity index (χ1v) is 10.3. The lowest BCUT2D eigenvalue weighted by Crippen LogP contribution is -2.27. The maximum Gasteiger partial charge on any atom is 0.240 e. The van der Waals surface area contributed by atoms with Crippen LogP contribution in [0.2, 0.25) is 0 Å². The first-order chi connectivity index (χ1) is 14.2. The van der Waals surface area contributed by atoms with Crippen LogP contribution in [0.3, 0.4) is 0 Å². The number of nitrogens with one attached hydrogen (secondary N) is 1. The number of anilines is 1. The molecular formula is C23H28N4O2. The number of pyridine rings is 1. The summed E-state index contributed by atoms with van der Waals surface area (Å²) >= 11 is 0. The van der Waals surface area contributed by atoms with Crippen molar-refractivity contribution >= 4 is 22.8 Å². The number of hydrogen-bond acceptors (Lipinski definition) is 4. The minimum atomic E-state index is -0.0459. The minimum absolute atomic E-state index is 0.0459. The molecule has 6 heteroatoms. The van der Waals surface area contributed by atoms with Crippen LogP contribution < -0.4 is 15.0 Å². The molecule has 4 rings (SSSR count). The van der Waals surface area contributed by atoms with E-state index in [9.17, 15) is 4.79 Å². The van der Waals surface area contributed by atoms with E-state index in [1.54, 1.807) is 7.11 Å². The molecule has 0 radical (unpaired) electrons. The predicted octanol–water partition coefficient (Wildman–Crippen LogP) is 3.74. The summed E-state index contributed by atoms with van der Waals surface area (Å²) in [5, 5.41) is 4.04. The highest BCUT2D eigenvalue weighted by atomic mass is 16.5. The third kappa shape index (κ3) is 4.53. The molecule has 6 nitrogen and oxygen atoms in total. The van der Waals surface area contributed by atoms with E-state index in [1.807, 2.05) is 41.1 Å². The number of benzene rings is 1. The Labute approximate surface area is 171 Å². The molecular weight excluding hydrogens is 364 g/mol. The predicted molar refractivity (Wildman–Crippen MR) is 115 cm³/mol. The second-order valence-electron chi connectivity index (χ2n) is 7.52. The second kappa shape index (κ2) is 8.99. The fraction of sp³-hybridized carbons (Fsp3) is 0.391. The van der Waals surface area contributed by atoms with Crippen molar-refractivity contribution in [3.8, 4) is 5.75 Å². The van der Waals surface area contributed by atoms with E-state index in [4.69, 9.17) is 9.72 Å². The molecule has 2 aromatic heterocycles. The summed E-state index contributed by atoms with van der Waals surface area (Å²) in [7, 11) is 1.64. The van der Waals surface area contributed by atoms with E-state index >= 15 is 0 Å². The molecule has 1 saturated heterocycles. The van der Waals surface area contributed by atoms with Gasteiger partial charge in [-0.2, -0.15) is 0 Å². The Balaban J connectivity index is 1.45. The van der Waals surface area contributed by atoms with Gasteiger partial charge in [0, 0.05) is 36.8 Å². The molecule has 1 amide bonds. The molecule has 0 saturated carbocycles. The molecule has 1 fully saturated rings. The molecule has 0 aliphatic carbocycles. The van der Waals surface area contributed by atoms with Crippen LogP contribution in [0.5, 0.6) is 5.75 Å². The minimum Gasteiger partial charge on any atom is -0.496 e. The van der Waals surface area contributed by atoms with Crippen LogP contribution in [-0.2, 0) is 17.9 Å². The maximum absolute atomic E-state index is 12.5. The number of amides is 1. The molecule has 29 heavy (non-hydrogen) atoms. The summed E-state index contributed by atoms with van der Waals surface area (Å²) in [5.41, 5.74) is 1.82. The molecule has 1 aliphatic rings. The summed E-state index contributed by atoms with van der Waals surface area (Å²) in [6.45, 7) is 2.79. The van der Waals surface area contributed by atoms with E-state index in [-0.39, 0.29) is 12.5 Å². The number of carbonyl (C=O) groups excluding carboxylic acids is 1. The van der Waals surface area contributed by atoms with Gasteiger partial charge in [0.25, 0.3) is 0 Å². The van der Waals surface area contributed by atoms with Crippen molar-refractivity contribution in [2.75, 3.05) is 25.1 Å². The zero-order valence-electron chi connectivity index (χ0n) is 16.9. The van der Waals surface area contributed by atoms with E-state index < -0.39 is 0 Å². The van der Waals surface area contributed by atoms with Crippen molar-refractivity contribution in [2.45, 2.75) is 38.8 Å². The van der Waals surface area contributed by atoms with Crippen LogP contribution in [0.1, 0.15) is 31.2 Å². The van der Waals surface area contributed by atoms with E-state index in [1.165, 1.54) is 25.7 Å². The van der Waals surface area contributed by atoms with Gasteiger partial charge in [0.2, 0.25) is 5.91 Å².